The second-order valence-corrected chi connectivity index (χ2v) is 6.74. The van der Waals surface area contributed by atoms with Gasteiger partial charge in [-0.2, -0.15) is 0 Å². The van der Waals surface area contributed by atoms with Gasteiger partial charge in [0, 0.05) is 26.1 Å². The highest BCUT2D eigenvalue weighted by Crippen LogP contribution is 2.19. The number of para-hydroxylation sites is 3. The lowest BCUT2D eigenvalue weighted by Gasteiger charge is -2.27. The Bertz CT molecular complexity index is 1090. The summed E-state index contributed by atoms with van der Waals surface area (Å²) >= 11 is 0. The van der Waals surface area contributed by atoms with Gasteiger partial charge in [0.15, 0.2) is 5.58 Å². The number of nitrogens with one attached hydrogen (secondary N) is 1. The van der Waals surface area contributed by atoms with E-state index in [-0.39, 0.29) is 24.8 Å². The zero-order valence-electron chi connectivity index (χ0n) is 15.8. The van der Waals surface area contributed by atoms with E-state index in [2.05, 4.69) is 5.32 Å². The summed E-state index contributed by atoms with van der Waals surface area (Å²) < 4.78 is 11.9. The predicted molar refractivity (Wildman–Crippen MR) is 107 cm³/mol. The number of ether oxygens (including phenoxy) is 1. The van der Waals surface area contributed by atoms with E-state index in [1.54, 1.807) is 53.4 Å². The fourth-order valence-corrected chi connectivity index (χ4v) is 3.37. The summed E-state index contributed by atoms with van der Waals surface area (Å²) in [6.45, 7) is 2.25. The number of oxazole rings is 1. The third-order valence-corrected chi connectivity index (χ3v) is 4.87. The van der Waals surface area contributed by atoms with Crippen molar-refractivity contribution in [3.05, 3.63) is 64.6 Å². The van der Waals surface area contributed by atoms with Crippen LogP contribution in [-0.4, -0.2) is 47.6 Å². The van der Waals surface area contributed by atoms with Crippen molar-refractivity contribution in [3.8, 4) is 0 Å². The molecule has 0 unspecified atom stereocenters. The average Bonchev–Trinajstić information content (AvgIpc) is 3.07. The molecule has 8 nitrogen and oxygen atoms in total. The van der Waals surface area contributed by atoms with Crippen LogP contribution in [0.15, 0.2) is 57.7 Å². The fourth-order valence-electron chi connectivity index (χ4n) is 3.37. The highest BCUT2D eigenvalue weighted by molar-refractivity contribution is 6.03. The lowest BCUT2D eigenvalue weighted by Crippen LogP contribution is -2.41. The molecule has 0 atom stereocenters. The molecule has 0 radical (unpaired) electrons. The zero-order valence-corrected chi connectivity index (χ0v) is 15.8. The highest BCUT2D eigenvalue weighted by Gasteiger charge is 2.21. The van der Waals surface area contributed by atoms with Gasteiger partial charge in [0.05, 0.1) is 30.0 Å². The van der Waals surface area contributed by atoms with Gasteiger partial charge < -0.3 is 19.4 Å². The molecule has 150 valence electrons. The van der Waals surface area contributed by atoms with E-state index in [9.17, 15) is 14.4 Å². The topological polar surface area (TPSA) is 93.8 Å². The molecule has 1 fully saturated rings. The number of fused-ring (bicyclic) bond motifs is 1. The Balaban J connectivity index is 1.45. The van der Waals surface area contributed by atoms with Crippen LogP contribution in [0.4, 0.5) is 5.69 Å². The molecule has 4 rings (SSSR count). The van der Waals surface area contributed by atoms with Crippen molar-refractivity contribution in [2.24, 2.45) is 0 Å². The number of anilines is 1. The number of hydrogen-bond acceptors (Lipinski definition) is 5. The summed E-state index contributed by atoms with van der Waals surface area (Å²) in [6.07, 6.45) is 0.0729. The van der Waals surface area contributed by atoms with Gasteiger partial charge in [-0.3, -0.25) is 14.2 Å². The highest BCUT2D eigenvalue weighted by atomic mass is 16.5. The van der Waals surface area contributed by atoms with Gasteiger partial charge in [0.2, 0.25) is 5.91 Å². The molecule has 8 heteroatoms. The van der Waals surface area contributed by atoms with Crippen molar-refractivity contribution in [3.63, 3.8) is 0 Å². The number of aryl methyl sites for hydroxylation is 1. The normalized spacial score (nSPS) is 14.1. The number of aromatic nitrogens is 1. The van der Waals surface area contributed by atoms with Crippen molar-refractivity contribution in [1.29, 1.82) is 0 Å². The number of carbonyl (C=O) groups is 2. The van der Waals surface area contributed by atoms with Crippen LogP contribution in [0.3, 0.4) is 0 Å². The molecular weight excluding hydrogens is 374 g/mol. The van der Waals surface area contributed by atoms with Crippen LogP contribution in [-0.2, 0) is 16.1 Å². The number of carbonyl (C=O) groups excluding carboxylic acids is 2. The van der Waals surface area contributed by atoms with Crippen molar-refractivity contribution in [1.82, 2.24) is 9.47 Å². The van der Waals surface area contributed by atoms with Gasteiger partial charge in [-0.1, -0.05) is 24.3 Å². The van der Waals surface area contributed by atoms with E-state index in [1.165, 1.54) is 4.57 Å². The Morgan fingerprint density at radius 2 is 1.72 bits per heavy atom. The Hall–Kier alpha value is -3.39. The molecule has 0 aliphatic carbocycles. The second kappa shape index (κ2) is 8.32. The third-order valence-electron chi connectivity index (χ3n) is 4.87. The molecule has 0 saturated carbocycles. The summed E-state index contributed by atoms with van der Waals surface area (Å²) in [5.41, 5.74) is 2.03. The minimum atomic E-state index is -0.498. The Labute approximate surface area is 166 Å². The molecule has 2 aromatic carbocycles. The Morgan fingerprint density at radius 1 is 1.00 bits per heavy atom. The van der Waals surface area contributed by atoms with Crippen LogP contribution < -0.4 is 11.1 Å². The first-order valence-corrected chi connectivity index (χ1v) is 9.48. The van der Waals surface area contributed by atoms with Crippen LogP contribution in [0, 0.1) is 0 Å². The zero-order chi connectivity index (χ0) is 20.2. The molecule has 1 aliphatic rings. The van der Waals surface area contributed by atoms with E-state index in [4.69, 9.17) is 9.15 Å². The van der Waals surface area contributed by atoms with E-state index in [0.29, 0.717) is 48.7 Å². The third kappa shape index (κ3) is 4.07. The van der Waals surface area contributed by atoms with Crippen molar-refractivity contribution in [2.45, 2.75) is 13.0 Å². The summed E-state index contributed by atoms with van der Waals surface area (Å²) in [5, 5.41) is 2.80. The number of morpholine rings is 1. The van der Waals surface area contributed by atoms with E-state index < -0.39 is 5.76 Å². The number of amides is 2. The fraction of sp³-hybridized carbons (Fsp3) is 0.286. The van der Waals surface area contributed by atoms with Crippen LogP contribution in [0.5, 0.6) is 0 Å². The van der Waals surface area contributed by atoms with Gasteiger partial charge in [-0.05, 0) is 24.3 Å². The van der Waals surface area contributed by atoms with Gasteiger partial charge in [0.1, 0.15) is 0 Å². The molecule has 2 heterocycles. The van der Waals surface area contributed by atoms with Crippen molar-refractivity contribution < 1.29 is 18.7 Å². The van der Waals surface area contributed by atoms with Crippen LogP contribution in [0.1, 0.15) is 16.8 Å². The lowest BCUT2D eigenvalue weighted by molar-refractivity contribution is -0.116. The van der Waals surface area contributed by atoms with Crippen LogP contribution in [0.2, 0.25) is 0 Å². The van der Waals surface area contributed by atoms with Crippen LogP contribution in [0.25, 0.3) is 11.1 Å². The van der Waals surface area contributed by atoms with E-state index in [1.807, 2.05) is 0 Å². The smallest absolute Gasteiger partial charge is 0.408 e. The second-order valence-electron chi connectivity index (χ2n) is 6.74. The van der Waals surface area contributed by atoms with Crippen LogP contribution >= 0.6 is 0 Å². The standard InChI is InChI=1S/C21H21N3O5/c25-19(9-10-24-17-7-3-4-8-18(17)29-21(24)27)22-16-6-2-1-5-15(16)20(26)23-11-13-28-14-12-23/h1-8H,9-14H2,(H,22,25). The maximum atomic E-state index is 12.8. The molecule has 29 heavy (non-hydrogen) atoms. The lowest BCUT2D eigenvalue weighted by atomic mass is 10.1. The maximum Gasteiger partial charge on any atom is 0.419 e. The summed E-state index contributed by atoms with van der Waals surface area (Å²) in [6, 6.07) is 14.0. The minimum absolute atomic E-state index is 0.0729. The SMILES string of the molecule is O=C(CCn1c(=O)oc2ccccc21)Nc1ccccc1C(=O)N1CCOCC1. The number of benzene rings is 2. The average molecular weight is 395 g/mol. The quantitative estimate of drug-likeness (QED) is 0.714. The minimum Gasteiger partial charge on any atom is -0.408 e. The first-order valence-electron chi connectivity index (χ1n) is 9.48. The number of rotatable bonds is 5. The first-order chi connectivity index (χ1) is 14.1. The Morgan fingerprint density at radius 3 is 2.55 bits per heavy atom. The molecule has 3 aromatic rings. The molecule has 1 aromatic heterocycles. The molecule has 1 saturated heterocycles. The maximum absolute atomic E-state index is 12.8. The van der Waals surface area contributed by atoms with E-state index in [0.717, 1.165) is 0 Å². The van der Waals surface area contributed by atoms with Gasteiger partial charge in [-0.25, -0.2) is 4.79 Å². The molecule has 2 amide bonds. The van der Waals surface area contributed by atoms with E-state index >= 15 is 0 Å². The first kappa shape index (κ1) is 18.9. The molecule has 1 aliphatic heterocycles. The summed E-state index contributed by atoms with van der Waals surface area (Å²) in [4.78, 5) is 39.0. The Kier molecular flexibility index (Phi) is 5.44. The number of nitrogens with zero attached hydrogens (tertiary/aromatic N) is 2. The summed E-state index contributed by atoms with van der Waals surface area (Å²) in [5.74, 6) is -0.924. The molecule has 0 bridgehead atoms. The largest absolute Gasteiger partial charge is 0.419 e. The monoisotopic (exact) mass is 395 g/mol. The molecular formula is C21H21N3O5. The van der Waals surface area contributed by atoms with Crippen molar-refractivity contribution >= 4 is 28.6 Å². The van der Waals surface area contributed by atoms with Crippen molar-refractivity contribution in [2.75, 3.05) is 31.6 Å². The van der Waals surface area contributed by atoms with Gasteiger partial charge in [-0.15, -0.1) is 0 Å². The number of hydrogen-bond donors (Lipinski definition) is 1. The van der Waals surface area contributed by atoms with Gasteiger partial charge >= 0.3 is 5.76 Å². The predicted octanol–water partition coefficient (Wildman–Crippen LogP) is 2.10. The summed E-state index contributed by atoms with van der Waals surface area (Å²) in [7, 11) is 0. The molecule has 0 spiro atoms. The van der Waals surface area contributed by atoms with Gasteiger partial charge in [0.25, 0.3) is 5.91 Å². The molecule has 1 N–H and O–H groups in total.